The number of carbonyl (C=O) groups is 2. The smallest absolute Gasteiger partial charge is 0.339 e. The Morgan fingerprint density at radius 1 is 1.12 bits per heavy atom. The van der Waals surface area contributed by atoms with Crippen molar-refractivity contribution in [2.24, 2.45) is 0 Å². The van der Waals surface area contributed by atoms with Crippen LogP contribution in [0.5, 0.6) is 5.75 Å². The average molecular weight is 358 g/mol. The molecule has 2 aromatic carbocycles. The van der Waals surface area contributed by atoms with E-state index in [1.807, 2.05) is 0 Å². The van der Waals surface area contributed by atoms with Crippen molar-refractivity contribution in [3.8, 4) is 5.75 Å². The van der Waals surface area contributed by atoms with Gasteiger partial charge < -0.3 is 14.4 Å². The van der Waals surface area contributed by atoms with Crippen LogP contribution in [-0.2, 0) is 9.53 Å². The number of ether oxygens (including phenoxy) is 2. The van der Waals surface area contributed by atoms with Gasteiger partial charge in [-0.1, -0.05) is 30.3 Å². The number of nitrogens with zero attached hydrogens (tertiary/aromatic N) is 2. The fourth-order valence-corrected chi connectivity index (χ4v) is 2.26. The molecule has 0 saturated heterocycles. The fraction of sp³-hybridized carbons (Fsp3) is 0.222. The number of nitro groups is 1. The Bertz CT molecular complexity index is 820. The van der Waals surface area contributed by atoms with E-state index < -0.39 is 22.9 Å². The number of likely N-dealkylation sites (N-methyl/N-ethyl adjacent to an activating group) is 1. The molecule has 0 unspecified atom stereocenters. The van der Waals surface area contributed by atoms with Crippen LogP contribution in [0.15, 0.2) is 48.5 Å². The molecule has 0 bridgehead atoms. The summed E-state index contributed by atoms with van der Waals surface area (Å²) in [6.07, 6.45) is -1.15. The summed E-state index contributed by atoms with van der Waals surface area (Å²) in [7, 11) is 4.39. The van der Waals surface area contributed by atoms with Crippen molar-refractivity contribution in [3.63, 3.8) is 0 Å². The van der Waals surface area contributed by atoms with E-state index in [1.165, 1.54) is 24.1 Å². The molecule has 1 atom stereocenters. The van der Waals surface area contributed by atoms with E-state index in [4.69, 9.17) is 9.47 Å². The molecule has 8 heteroatoms. The Morgan fingerprint density at radius 2 is 1.77 bits per heavy atom. The van der Waals surface area contributed by atoms with Gasteiger partial charge in [0.05, 0.1) is 17.6 Å². The van der Waals surface area contributed by atoms with Gasteiger partial charge in [0.25, 0.3) is 5.91 Å². The fourth-order valence-electron chi connectivity index (χ4n) is 2.26. The molecule has 0 heterocycles. The average Bonchev–Trinajstić information content (AvgIpc) is 2.65. The zero-order chi connectivity index (χ0) is 19.3. The number of rotatable bonds is 6. The minimum Gasteiger partial charge on any atom is -0.490 e. The van der Waals surface area contributed by atoms with Crippen molar-refractivity contribution in [2.75, 3.05) is 21.2 Å². The first-order chi connectivity index (χ1) is 12.3. The first kappa shape index (κ1) is 18.9. The van der Waals surface area contributed by atoms with Crippen LogP contribution < -0.4 is 4.74 Å². The van der Waals surface area contributed by atoms with Crippen molar-refractivity contribution in [1.29, 1.82) is 0 Å². The summed E-state index contributed by atoms with van der Waals surface area (Å²) in [6.45, 7) is 0. The van der Waals surface area contributed by atoms with Crippen molar-refractivity contribution in [2.45, 2.75) is 6.10 Å². The molecule has 0 aliphatic rings. The van der Waals surface area contributed by atoms with Crippen LogP contribution in [0.3, 0.4) is 0 Å². The van der Waals surface area contributed by atoms with Gasteiger partial charge in [-0.3, -0.25) is 14.9 Å². The lowest BCUT2D eigenvalue weighted by Crippen LogP contribution is -2.31. The first-order valence-electron chi connectivity index (χ1n) is 7.64. The minimum atomic E-state index is -1.15. The molecule has 136 valence electrons. The molecule has 8 nitrogen and oxygen atoms in total. The summed E-state index contributed by atoms with van der Waals surface area (Å²) in [4.78, 5) is 36.6. The van der Waals surface area contributed by atoms with Gasteiger partial charge in [-0.25, -0.2) is 4.79 Å². The Kier molecular flexibility index (Phi) is 5.90. The van der Waals surface area contributed by atoms with Gasteiger partial charge in [0, 0.05) is 25.7 Å². The van der Waals surface area contributed by atoms with E-state index in [-0.39, 0.29) is 17.0 Å². The lowest BCUT2D eigenvalue weighted by atomic mass is 10.1. The Balaban J connectivity index is 2.34. The van der Waals surface area contributed by atoms with E-state index in [2.05, 4.69) is 0 Å². The zero-order valence-electron chi connectivity index (χ0n) is 14.5. The first-order valence-corrected chi connectivity index (χ1v) is 7.64. The normalized spacial score (nSPS) is 11.3. The van der Waals surface area contributed by atoms with E-state index in [0.29, 0.717) is 5.56 Å². The quantitative estimate of drug-likeness (QED) is 0.447. The summed E-state index contributed by atoms with van der Waals surface area (Å²) in [5.41, 5.74) is 0.0877. The number of methoxy groups -OCH3 is 1. The standard InChI is InChI=1S/C18H18N2O6/c1-19(2)17(21)16(12-7-5-4-6-8-12)26-18(22)13-9-10-15(25-3)14(11-13)20(23)24/h4-11,16H,1-3H3/t16-/m0/s1. The maximum Gasteiger partial charge on any atom is 0.339 e. The van der Waals surface area contributed by atoms with Crippen molar-refractivity contribution in [3.05, 3.63) is 69.8 Å². The van der Waals surface area contributed by atoms with Gasteiger partial charge in [0.15, 0.2) is 5.75 Å². The number of nitro benzene ring substituents is 1. The van der Waals surface area contributed by atoms with Crippen LogP contribution in [-0.4, -0.2) is 42.9 Å². The predicted octanol–water partition coefficient (Wildman–Crippen LogP) is 2.59. The maximum atomic E-state index is 12.5. The lowest BCUT2D eigenvalue weighted by Gasteiger charge is -2.21. The molecule has 2 aromatic rings. The second-order valence-electron chi connectivity index (χ2n) is 5.57. The third kappa shape index (κ3) is 4.15. The van der Waals surface area contributed by atoms with Crippen LogP contribution in [0.1, 0.15) is 22.0 Å². The van der Waals surface area contributed by atoms with Crippen molar-refractivity contribution in [1.82, 2.24) is 4.90 Å². The van der Waals surface area contributed by atoms with Crippen molar-refractivity contribution >= 4 is 17.6 Å². The van der Waals surface area contributed by atoms with Gasteiger partial charge in [0.2, 0.25) is 6.10 Å². The Hall–Kier alpha value is -3.42. The van der Waals surface area contributed by atoms with Gasteiger partial charge in [-0.2, -0.15) is 0 Å². The monoisotopic (exact) mass is 358 g/mol. The number of carbonyl (C=O) groups excluding carboxylic acids is 2. The number of amides is 1. The van der Waals surface area contributed by atoms with Gasteiger partial charge in [-0.15, -0.1) is 0 Å². The molecule has 0 spiro atoms. The Labute approximate surface area is 150 Å². The SMILES string of the molecule is COc1ccc(C(=O)O[C@H](C(=O)N(C)C)c2ccccc2)cc1[N+](=O)[O-]. The molecule has 26 heavy (non-hydrogen) atoms. The minimum absolute atomic E-state index is 0.0236. The summed E-state index contributed by atoms with van der Waals surface area (Å²) >= 11 is 0. The largest absolute Gasteiger partial charge is 0.490 e. The highest BCUT2D eigenvalue weighted by Crippen LogP contribution is 2.29. The number of benzene rings is 2. The molecule has 0 fully saturated rings. The van der Waals surface area contributed by atoms with Crippen LogP contribution in [0, 0.1) is 10.1 Å². The Morgan fingerprint density at radius 3 is 2.31 bits per heavy atom. The highest BCUT2D eigenvalue weighted by molar-refractivity contribution is 5.93. The molecule has 1 amide bonds. The molecule has 0 N–H and O–H groups in total. The summed E-state index contributed by atoms with van der Waals surface area (Å²) in [5.74, 6) is -1.25. The summed E-state index contributed by atoms with van der Waals surface area (Å²) in [6, 6.07) is 12.2. The number of esters is 1. The third-order valence-electron chi connectivity index (χ3n) is 3.60. The second kappa shape index (κ2) is 8.11. The molecular formula is C18H18N2O6. The van der Waals surface area contributed by atoms with Crippen LogP contribution >= 0.6 is 0 Å². The third-order valence-corrected chi connectivity index (χ3v) is 3.60. The molecule has 0 aliphatic heterocycles. The zero-order valence-corrected chi connectivity index (χ0v) is 14.5. The maximum absolute atomic E-state index is 12.5. The van der Waals surface area contributed by atoms with Crippen LogP contribution in [0.2, 0.25) is 0 Å². The van der Waals surface area contributed by atoms with Gasteiger partial charge in [-0.05, 0) is 12.1 Å². The van der Waals surface area contributed by atoms with Gasteiger partial charge in [0.1, 0.15) is 0 Å². The number of hydrogen-bond donors (Lipinski definition) is 0. The molecule has 0 aromatic heterocycles. The van der Waals surface area contributed by atoms with E-state index >= 15 is 0 Å². The molecule has 2 rings (SSSR count). The molecule has 0 radical (unpaired) electrons. The number of hydrogen-bond acceptors (Lipinski definition) is 6. The second-order valence-corrected chi connectivity index (χ2v) is 5.57. The molecular weight excluding hydrogens is 340 g/mol. The molecule has 0 aliphatic carbocycles. The summed E-state index contributed by atoms with van der Waals surface area (Å²) < 4.78 is 10.3. The van der Waals surface area contributed by atoms with E-state index in [0.717, 1.165) is 6.07 Å². The topological polar surface area (TPSA) is 99.0 Å². The molecule has 0 saturated carbocycles. The predicted molar refractivity (Wildman–Crippen MR) is 92.9 cm³/mol. The van der Waals surface area contributed by atoms with Gasteiger partial charge >= 0.3 is 11.7 Å². The van der Waals surface area contributed by atoms with E-state index in [9.17, 15) is 19.7 Å². The van der Waals surface area contributed by atoms with E-state index in [1.54, 1.807) is 44.4 Å². The summed E-state index contributed by atoms with van der Waals surface area (Å²) in [5, 5.41) is 11.1. The highest BCUT2D eigenvalue weighted by Gasteiger charge is 2.28. The van der Waals surface area contributed by atoms with Crippen LogP contribution in [0.4, 0.5) is 5.69 Å². The highest BCUT2D eigenvalue weighted by atomic mass is 16.6. The lowest BCUT2D eigenvalue weighted by molar-refractivity contribution is -0.385. The van der Waals surface area contributed by atoms with Crippen molar-refractivity contribution < 1.29 is 24.0 Å². The van der Waals surface area contributed by atoms with Crippen LogP contribution in [0.25, 0.3) is 0 Å².